The first-order valence-electron chi connectivity index (χ1n) is 5.76. The number of aromatic carboxylic acids is 1. The molecule has 0 radical (unpaired) electrons. The summed E-state index contributed by atoms with van der Waals surface area (Å²) >= 11 is 1.21. The Hall–Kier alpha value is -1.67. The summed E-state index contributed by atoms with van der Waals surface area (Å²) in [6.07, 6.45) is 0.735. The first-order chi connectivity index (χ1) is 9.04. The lowest BCUT2D eigenvalue weighted by atomic mass is 10.3. The SMILES string of the molecule is COCCCNC(=O)NC(C)c1nc(C(=O)O)cs1. The molecule has 1 aromatic heterocycles. The topological polar surface area (TPSA) is 101 Å². The van der Waals surface area contributed by atoms with Crippen molar-refractivity contribution in [2.45, 2.75) is 19.4 Å². The van der Waals surface area contributed by atoms with Gasteiger partial charge in [0.1, 0.15) is 5.01 Å². The first-order valence-corrected chi connectivity index (χ1v) is 6.64. The van der Waals surface area contributed by atoms with Gasteiger partial charge in [0.15, 0.2) is 5.69 Å². The Morgan fingerprint density at radius 3 is 2.89 bits per heavy atom. The van der Waals surface area contributed by atoms with Gasteiger partial charge in [-0.2, -0.15) is 0 Å². The minimum Gasteiger partial charge on any atom is -0.476 e. The molecule has 106 valence electrons. The lowest BCUT2D eigenvalue weighted by Gasteiger charge is -2.12. The van der Waals surface area contributed by atoms with Gasteiger partial charge in [-0.25, -0.2) is 14.6 Å². The van der Waals surface area contributed by atoms with Crippen molar-refractivity contribution in [3.8, 4) is 0 Å². The number of carboxylic acids is 1. The third kappa shape index (κ3) is 5.23. The maximum Gasteiger partial charge on any atom is 0.355 e. The van der Waals surface area contributed by atoms with Gasteiger partial charge in [-0.3, -0.25) is 0 Å². The number of nitrogens with one attached hydrogen (secondary N) is 2. The number of rotatable bonds is 7. The highest BCUT2D eigenvalue weighted by molar-refractivity contribution is 7.09. The summed E-state index contributed by atoms with van der Waals surface area (Å²) in [5.41, 5.74) is -0.00541. The summed E-state index contributed by atoms with van der Waals surface area (Å²) in [4.78, 5) is 26.2. The van der Waals surface area contributed by atoms with Crippen LogP contribution in [0, 0.1) is 0 Å². The number of ether oxygens (including phenoxy) is 1. The van der Waals surface area contributed by atoms with Crippen molar-refractivity contribution in [3.63, 3.8) is 0 Å². The molecule has 1 aromatic rings. The minimum atomic E-state index is -1.07. The van der Waals surface area contributed by atoms with E-state index in [-0.39, 0.29) is 17.8 Å². The van der Waals surface area contributed by atoms with E-state index in [4.69, 9.17) is 9.84 Å². The van der Waals surface area contributed by atoms with Gasteiger partial charge in [-0.1, -0.05) is 0 Å². The smallest absolute Gasteiger partial charge is 0.355 e. The summed E-state index contributed by atoms with van der Waals surface area (Å²) in [6.45, 7) is 2.86. The van der Waals surface area contributed by atoms with E-state index in [2.05, 4.69) is 15.6 Å². The van der Waals surface area contributed by atoms with E-state index in [0.29, 0.717) is 18.2 Å². The standard InChI is InChI=1S/C11H17N3O4S/c1-7(9-14-8(6-19-9)10(15)16)13-11(17)12-4-3-5-18-2/h6-7H,3-5H2,1-2H3,(H,15,16)(H2,12,13,17). The minimum absolute atomic E-state index is 0.00541. The highest BCUT2D eigenvalue weighted by Gasteiger charge is 2.15. The summed E-state index contributed by atoms with van der Waals surface area (Å²) in [5.74, 6) is -1.07. The molecule has 0 aliphatic carbocycles. The Kier molecular flexibility index (Phi) is 6.23. The van der Waals surface area contributed by atoms with Crippen LogP contribution in [-0.4, -0.2) is 42.4 Å². The number of carbonyl (C=O) groups excluding carboxylic acids is 1. The van der Waals surface area contributed by atoms with E-state index in [1.54, 1.807) is 14.0 Å². The van der Waals surface area contributed by atoms with Crippen molar-refractivity contribution in [1.82, 2.24) is 15.6 Å². The second-order valence-corrected chi connectivity index (χ2v) is 4.73. The van der Waals surface area contributed by atoms with E-state index in [9.17, 15) is 9.59 Å². The summed E-state index contributed by atoms with van der Waals surface area (Å²) < 4.78 is 4.86. The summed E-state index contributed by atoms with van der Waals surface area (Å²) in [7, 11) is 1.60. The largest absolute Gasteiger partial charge is 0.476 e. The molecule has 8 heteroatoms. The predicted molar refractivity (Wildman–Crippen MR) is 70.5 cm³/mol. The molecule has 0 aromatic carbocycles. The number of carbonyl (C=O) groups is 2. The molecule has 7 nitrogen and oxygen atoms in total. The fourth-order valence-electron chi connectivity index (χ4n) is 1.31. The van der Waals surface area contributed by atoms with Crippen LogP contribution in [0.25, 0.3) is 0 Å². The molecule has 0 fully saturated rings. The lowest BCUT2D eigenvalue weighted by molar-refractivity contribution is 0.0691. The quantitative estimate of drug-likeness (QED) is 0.655. The number of carboxylic acid groups (broad SMARTS) is 1. The molecule has 0 spiro atoms. The van der Waals surface area contributed by atoms with Crippen LogP contribution in [0.3, 0.4) is 0 Å². The van der Waals surface area contributed by atoms with E-state index in [1.807, 2.05) is 0 Å². The van der Waals surface area contributed by atoms with Gasteiger partial charge in [0.25, 0.3) is 0 Å². The van der Waals surface area contributed by atoms with Gasteiger partial charge in [-0.05, 0) is 13.3 Å². The molecule has 2 amide bonds. The summed E-state index contributed by atoms with van der Waals surface area (Å²) in [5, 5.41) is 16.1. The van der Waals surface area contributed by atoms with Crippen LogP contribution in [0.15, 0.2) is 5.38 Å². The molecule has 0 bridgehead atoms. The van der Waals surface area contributed by atoms with Crippen molar-refractivity contribution in [1.29, 1.82) is 0 Å². The van der Waals surface area contributed by atoms with Crippen molar-refractivity contribution in [2.75, 3.05) is 20.3 Å². The van der Waals surface area contributed by atoms with Crippen molar-refractivity contribution >= 4 is 23.3 Å². The average Bonchev–Trinajstić information content (AvgIpc) is 2.84. The zero-order valence-corrected chi connectivity index (χ0v) is 11.6. The number of urea groups is 1. The van der Waals surface area contributed by atoms with Crippen LogP contribution >= 0.6 is 11.3 Å². The molecule has 1 unspecified atom stereocenters. The third-order valence-electron chi connectivity index (χ3n) is 2.27. The van der Waals surface area contributed by atoms with Crippen molar-refractivity contribution in [3.05, 3.63) is 16.1 Å². The highest BCUT2D eigenvalue weighted by Crippen LogP contribution is 2.17. The molecule has 3 N–H and O–H groups in total. The molecule has 1 atom stereocenters. The second kappa shape index (κ2) is 7.70. The van der Waals surface area contributed by atoms with Crippen LogP contribution in [0.2, 0.25) is 0 Å². The van der Waals surface area contributed by atoms with E-state index < -0.39 is 5.97 Å². The highest BCUT2D eigenvalue weighted by atomic mass is 32.1. The lowest BCUT2D eigenvalue weighted by Crippen LogP contribution is -2.37. The van der Waals surface area contributed by atoms with Gasteiger partial charge in [0.2, 0.25) is 0 Å². The number of hydrogen-bond donors (Lipinski definition) is 3. The fourth-order valence-corrected chi connectivity index (χ4v) is 2.11. The van der Waals surface area contributed by atoms with Crippen LogP contribution < -0.4 is 10.6 Å². The van der Waals surface area contributed by atoms with Gasteiger partial charge in [0, 0.05) is 25.6 Å². The Morgan fingerprint density at radius 2 is 2.32 bits per heavy atom. The maximum atomic E-state index is 11.5. The number of hydrogen-bond acceptors (Lipinski definition) is 5. The first kappa shape index (κ1) is 15.4. The molecule has 1 heterocycles. The molecule has 0 aliphatic rings. The third-order valence-corrected chi connectivity index (χ3v) is 3.30. The molecule has 0 aliphatic heterocycles. The van der Waals surface area contributed by atoms with Crippen LogP contribution in [0.4, 0.5) is 4.79 Å². The van der Waals surface area contributed by atoms with Gasteiger partial charge < -0.3 is 20.5 Å². The molecular formula is C11H17N3O4S. The Labute approximate surface area is 115 Å². The fraction of sp³-hybridized carbons (Fsp3) is 0.545. The number of methoxy groups -OCH3 is 1. The van der Waals surface area contributed by atoms with E-state index in [0.717, 1.165) is 6.42 Å². The Morgan fingerprint density at radius 1 is 1.58 bits per heavy atom. The maximum absolute atomic E-state index is 11.5. The van der Waals surface area contributed by atoms with Gasteiger partial charge in [-0.15, -0.1) is 11.3 Å². The van der Waals surface area contributed by atoms with Crippen LogP contribution in [0.5, 0.6) is 0 Å². The second-order valence-electron chi connectivity index (χ2n) is 3.84. The Balaban J connectivity index is 2.38. The number of aromatic nitrogens is 1. The molecule has 19 heavy (non-hydrogen) atoms. The molecule has 0 saturated heterocycles. The van der Waals surface area contributed by atoms with Crippen molar-refractivity contribution < 1.29 is 19.4 Å². The number of amides is 2. The van der Waals surface area contributed by atoms with Crippen LogP contribution in [-0.2, 0) is 4.74 Å². The molecule has 0 saturated carbocycles. The molecular weight excluding hydrogens is 270 g/mol. The number of nitrogens with zero attached hydrogens (tertiary/aromatic N) is 1. The Bertz CT molecular complexity index is 435. The predicted octanol–water partition coefficient (Wildman–Crippen LogP) is 1.24. The van der Waals surface area contributed by atoms with E-state index in [1.165, 1.54) is 16.7 Å². The van der Waals surface area contributed by atoms with E-state index >= 15 is 0 Å². The van der Waals surface area contributed by atoms with Crippen molar-refractivity contribution in [2.24, 2.45) is 0 Å². The van der Waals surface area contributed by atoms with Crippen LogP contribution in [0.1, 0.15) is 34.9 Å². The van der Waals surface area contributed by atoms with Gasteiger partial charge in [0.05, 0.1) is 6.04 Å². The summed E-state index contributed by atoms with van der Waals surface area (Å²) in [6, 6.07) is -0.642. The zero-order chi connectivity index (χ0) is 14.3. The average molecular weight is 287 g/mol. The monoisotopic (exact) mass is 287 g/mol. The normalized spacial score (nSPS) is 11.9. The number of thiazole rings is 1. The zero-order valence-electron chi connectivity index (χ0n) is 10.8. The van der Waals surface area contributed by atoms with Gasteiger partial charge >= 0.3 is 12.0 Å². The molecule has 1 rings (SSSR count).